The minimum atomic E-state index is -0.346. The van der Waals surface area contributed by atoms with Crippen LogP contribution in [0.2, 0.25) is 0 Å². The smallest absolute Gasteiger partial charge is 0.657 e. The first-order valence-electron chi connectivity index (χ1n) is 14.2. The molecule has 2 aliphatic heterocycles. The average molecular weight is 651 g/mol. The zero-order valence-corrected chi connectivity index (χ0v) is 26.8. The van der Waals surface area contributed by atoms with Gasteiger partial charge in [0.25, 0.3) is 0 Å². The number of hydrogen-bond donors (Lipinski definition) is 0. The molecule has 0 N–H and O–H groups in total. The SMILES string of the molecule is COC(=O)CCC1=C(C)c2cc3[n-]c(cc4nc(cc5[n-]c(cc1n2)c(CCC(=O)OC)c5C)C(C=O)=C4C)c(C=O)c3C.[Ni+2]. The van der Waals surface area contributed by atoms with Crippen molar-refractivity contribution in [3.8, 4) is 0 Å². The summed E-state index contributed by atoms with van der Waals surface area (Å²) in [5.74, 6) is -0.688. The molecular weight excluding hydrogens is 619 g/mol. The molecule has 0 amide bonds. The van der Waals surface area contributed by atoms with Crippen molar-refractivity contribution in [3.05, 3.63) is 69.3 Å². The van der Waals surface area contributed by atoms with Crippen LogP contribution in [0.4, 0.5) is 0 Å². The van der Waals surface area contributed by atoms with E-state index in [-0.39, 0.29) is 41.3 Å². The molecule has 3 aromatic rings. The van der Waals surface area contributed by atoms with Gasteiger partial charge in [0.15, 0.2) is 6.29 Å². The van der Waals surface area contributed by atoms with E-state index in [1.165, 1.54) is 14.2 Å². The van der Waals surface area contributed by atoms with E-state index in [0.29, 0.717) is 80.0 Å². The maximum atomic E-state index is 12.2. The van der Waals surface area contributed by atoms with Crippen molar-refractivity contribution < 1.29 is 45.1 Å². The van der Waals surface area contributed by atoms with E-state index < -0.39 is 0 Å². The molecule has 0 radical (unpaired) electrons. The topological polar surface area (TPSA) is 141 Å². The normalized spacial score (nSPS) is 12.6. The predicted molar refractivity (Wildman–Crippen MR) is 166 cm³/mol. The molecule has 0 saturated heterocycles. The zero-order valence-electron chi connectivity index (χ0n) is 25.8. The summed E-state index contributed by atoms with van der Waals surface area (Å²) in [6.07, 6.45) is 2.60. The third kappa shape index (κ3) is 6.31. The number of methoxy groups -OCH3 is 2. The summed E-state index contributed by atoms with van der Waals surface area (Å²) in [6, 6.07) is 7.15. The molecule has 0 spiro atoms. The molecular formula is C34H32N4NiO6. The number of aromatic nitrogens is 4. The third-order valence-corrected chi connectivity index (χ3v) is 8.33. The Hall–Kier alpha value is -4.63. The van der Waals surface area contributed by atoms with Gasteiger partial charge >= 0.3 is 28.4 Å². The minimum Gasteiger partial charge on any atom is -0.657 e. The van der Waals surface area contributed by atoms with Gasteiger partial charge in [0.2, 0.25) is 0 Å². The Labute approximate surface area is 270 Å². The molecule has 10 nitrogen and oxygen atoms in total. The van der Waals surface area contributed by atoms with Gasteiger partial charge in [-0.3, -0.25) is 19.2 Å². The van der Waals surface area contributed by atoms with E-state index >= 15 is 0 Å². The molecule has 8 bridgehead atoms. The Morgan fingerprint density at radius 3 is 1.87 bits per heavy atom. The summed E-state index contributed by atoms with van der Waals surface area (Å²) >= 11 is 0. The Bertz CT molecular complexity index is 1960. The zero-order chi connectivity index (χ0) is 31.7. The molecule has 0 unspecified atom stereocenters. The van der Waals surface area contributed by atoms with Crippen LogP contribution in [0, 0.1) is 13.8 Å². The summed E-state index contributed by atoms with van der Waals surface area (Å²) in [5, 5.41) is 0. The molecule has 11 heteroatoms. The van der Waals surface area contributed by atoms with Gasteiger partial charge < -0.3 is 19.4 Å². The fourth-order valence-corrected chi connectivity index (χ4v) is 5.59. The molecule has 0 atom stereocenters. The fourth-order valence-electron chi connectivity index (χ4n) is 5.59. The van der Waals surface area contributed by atoms with Crippen LogP contribution in [0.5, 0.6) is 0 Å². The van der Waals surface area contributed by atoms with Gasteiger partial charge in [-0.05, 0) is 57.3 Å². The van der Waals surface area contributed by atoms with E-state index in [9.17, 15) is 19.2 Å². The third-order valence-electron chi connectivity index (χ3n) is 8.33. The second kappa shape index (κ2) is 13.6. The summed E-state index contributed by atoms with van der Waals surface area (Å²) in [5.41, 5.74) is 10.0. The monoisotopic (exact) mass is 650 g/mol. The van der Waals surface area contributed by atoms with Crippen LogP contribution in [-0.4, -0.2) is 48.7 Å². The first-order valence-corrected chi connectivity index (χ1v) is 14.2. The quantitative estimate of drug-likeness (QED) is 0.183. The maximum Gasteiger partial charge on any atom is 2.00 e. The van der Waals surface area contributed by atoms with Gasteiger partial charge in [0.1, 0.15) is 6.29 Å². The van der Waals surface area contributed by atoms with Crippen molar-refractivity contribution in [3.63, 3.8) is 0 Å². The largest absolute Gasteiger partial charge is 2.00 e. The number of carbonyl (C=O) groups is 4. The number of nitrogens with zero attached hydrogens (tertiary/aromatic N) is 4. The van der Waals surface area contributed by atoms with Crippen molar-refractivity contribution in [2.24, 2.45) is 0 Å². The first-order chi connectivity index (χ1) is 21.1. The molecule has 45 heavy (non-hydrogen) atoms. The molecule has 5 rings (SSSR count). The standard InChI is InChI=1S/C34H33N4O6.Ni/c1-17-21(7-9-33(41)43-5)29-14-30-22(8-10-34(42)44-6)18(2)27(36-30)12-31-24(16-40)20(4)28(38-31)13-32-23(15-39)19(3)26(37-32)11-25(17)35-29;/h11-16H,7-10H2,1-6H3,(H-,35,36,37,38,39,40);/q-1;+2/p-1. The maximum absolute atomic E-state index is 12.2. The average Bonchev–Trinajstić information content (AvgIpc) is 3.67. The molecule has 0 aliphatic carbocycles. The summed E-state index contributed by atoms with van der Waals surface area (Å²) in [4.78, 5) is 67.9. The number of aryl methyl sites for hydroxylation is 3. The Balaban J connectivity index is 0.00000461. The summed E-state index contributed by atoms with van der Waals surface area (Å²) in [6.45, 7) is 7.47. The van der Waals surface area contributed by atoms with E-state index in [4.69, 9.17) is 29.4 Å². The first kappa shape index (κ1) is 33.3. The van der Waals surface area contributed by atoms with Crippen molar-refractivity contribution in [1.82, 2.24) is 19.9 Å². The molecule has 0 aromatic carbocycles. The molecule has 0 fully saturated rings. The number of fused-ring (bicyclic) bond motifs is 8. The molecule has 2 aliphatic rings. The Kier molecular flexibility index (Phi) is 10.0. The van der Waals surface area contributed by atoms with Crippen LogP contribution in [-0.2, 0) is 46.8 Å². The van der Waals surface area contributed by atoms with Crippen LogP contribution in [0.3, 0.4) is 0 Å². The molecule has 234 valence electrons. The van der Waals surface area contributed by atoms with Crippen molar-refractivity contribution in [1.29, 1.82) is 0 Å². The van der Waals surface area contributed by atoms with E-state index in [1.54, 1.807) is 19.1 Å². The van der Waals surface area contributed by atoms with Gasteiger partial charge in [0.05, 0.1) is 37.0 Å². The van der Waals surface area contributed by atoms with Crippen molar-refractivity contribution in [2.75, 3.05) is 14.2 Å². The number of ether oxygens (including phenoxy) is 2. The van der Waals surface area contributed by atoms with E-state index in [0.717, 1.165) is 34.8 Å². The molecule has 5 heterocycles. The number of aldehydes is 2. The van der Waals surface area contributed by atoms with Gasteiger partial charge in [-0.15, -0.1) is 22.1 Å². The van der Waals surface area contributed by atoms with Crippen LogP contribution in [0.25, 0.3) is 44.4 Å². The van der Waals surface area contributed by atoms with Crippen molar-refractivity contribution in [2.45, 2.75) is 53.4 Å². The van der Waals surface area contributed by atoms with Crippen LogP contribution >= 0.6 is 0 Å². The van der Waals surface area contributed by atoms with E-state index in [1.807, 2.05) is 32.9 Å². The van der Waals surface area contributed by atoms with Gasteiger partial charge in [-0.1, -0.05) is 41.0 Å². The summed E-state index contributed by atoms with van der Waals surface area (Å²) in [7, 11) is 2.70. The number of esters is 2. The minimum absolute atomic E-state index is 0. The number of rotatable bonds is 8. The summed E-state index contributed by atoms with van der Waals surface area (Å²) < 4.78 is 9.78. The Morgan fingerprint density at radius 1 is 0.689 bits per heavy atom. The number of allylic oxidation sites excluding steroid dienone is 4. The fraction of sp³-hybridized carbons (Fsp3) is 0.294. The molecule has 0 saturated carbocycles. The van der Waals surface area contributed by atoms with Crippen LogP contribution in [0.15, 0.2) is 24.3 Å². The second-order valence-corrected chi connectivity index (χ2v) is 10.8. The van der Waals surface area contributed by atoms with Gasteiger partial charge in [0, 0.05) is 24.0 Å². The van der Waals surface area contributed by atoms with Crippen LogP contribution < -0.4 is 9.97 Å². The Morgan fingerprint density at radius 2 is 1.22 bits per heavy atom. The second-order valence-electron chi connectivity index (χ2n) is 10.8. The number of hydrogen-bond acceptors (Lipinski definition) is 8. The van der Waals surface area contributed by atoms with E-state index in [2.05, 4.69) is 0 Å². The van der Waals surface area contributed by atoms with Crippen LogP contribution in [0.1, 0.15) is 82.9 Å². The van der Waals surface area contributed by atoms with Gasteiger partial charge in [-0.25, -0.2) is 9.97 Å². The number of carbonyl (C=O) groups excluding carboxylic acids is 4. The van der Waals surface area contributed by atoms with Gasteiger partial charge in [-0.2, -0.15) is 0 Å². The molecule has 3 aromatic heterocycles. The van der Waals surface area contributed by atoms with Crippen molar-refractivity contribution >= 4 is 68.9 Å². The predicted octanol–water partition coefficient (Wildman–Crippen LogP) is 5.12.